The van der Waals surface area contributed by atoms with E-state index >= 15 is 9.18 Å². The second-order valence-electron chi connectivity index (χ2n) is 17.4. The van der Waals surface area contributed by atoms with Crippen LogP contribution in [0.5, 0.6) is 0 Å². The van der Waals surface area contributed by atoms with Gasteiger partial charge in [-0.25, -0.2) is 18.4 Å². The van der Waals surface area contributed by atoms with E-state index in [4.69, 9.17) is 14.4 Å². The Labute approximate surface area is 351 Å². The van der Waals surface area contributed by atoms with E-state index in [2.05, 4.69) is 47.3 Å². The first-order chi connectivity index (χ1) is 29.8. The number of imidazole rings is 1. The number of ether oxygens (including phenoxy) is 1. The molecule has 316 valence electrons. The molecule has 3 aromatic carbocycles. The summed E-state index contributed by atoms with van der Waals surface area (Å²) < 4.78 is 49.3. The molecule has 11 rings (SSSR count). The monoisotopic (exact) mass is 840 g/mol. The summed E-state index contributed by atoms with van der Waals surface area (Å²) in [5, 5.41) is 14.4. The summed E-state index contributed by atoms with van der Waals surface area (Å²) in [6.07, 6.45) is 7.46. The van der Waals surface area contributed by atoms with Crippen LogP contribution in [0.25, 0.3) is 44.4 Å². The van der Waals surface area contributed by atoms with Crippen molar-refractivity contribution in [2.75, 3.05) is 13.2 Å². The summed E-state index contributed by atoms with van der Waals surface area (Å²) in [6, 6.07) is 16.7. The fraction of sp³-hybridized carbons (Fsp3) is 0.333. The Morgan fingerprint density at radius 2 is 1.73 bits per heavy atom. The number of rotatable bonds is 7. The molecule has 17 heteroatoms. The van der Waals surface area contributed by atoms with Crippen molar-refractivity contribution in [3.8, 4) is 22.6 Å². The van der Waals surface area contributed by atoms with Crippen molar-refractivity contribution in [3.05, 3.63) is 135 Å². The first-order valence-corrected chi connectivity index (χ1v) is 20.8. The molecule has 7 heterocycles. The number of carbonyl (C=O) groups is 1. The molecule has 5 aromatic heterocycles. The first-order valence-electron chi connectivity index (χ1n) is 20.8. The molecule has 2 aliphatic heterocycles. The molecule has 1 saturated carbocycles. The molecular formula is C45H42F2N10O5. The molecule has 2 fully saturated rings. The van der Waals surface area contributed by atoms with Crippen molar-refractivity contribution in [1.29, 1.82) is 0 Å². The zero-order chi connectivity index (χ0) is 42.8. The largest absolute Gasteiger partial charge is 0.438 e. The van der Waals surface area contributed by atoms with Crippen LogP contribution in [-0.4, -0.2) is 73.0 Å². The Kier molecular flexibility index (Phi) is 8.33. The smallest absolute Gasteiger partial charge is 0.376 e. The predicted octanol–water partition coefficient (Wildman–Crippen LogP) is 6.71. The molecular weight excluding hydrogens is 799 g/mol. The van der Waals surface area contributed by atoms with E-state index < -0.39 is 34.7 Å². The van der Waals surface area contributed by atoms with E-state index in [1.807, 2.05) is 17.6 Å². The highest BCUT2D eigenvalue weighted by Gasteiger charge is 2.52. The summed E-state index contributed by atoms with van der Waals surface area (Å²) in [5.41, 5.74) is 3.29. The van der Waals surface area contributed by atoms with Crippen molar-refractivity contribution in [1.82, 2.24) is 48.3 Å². The Morgan fingerprint density at radius 3 is 2.47 bits per heavy atom. The lowest BCUT2D eigenvalue weighted by Crippen LogP contribution is -2.43. The molecule has 8 aromatic rings. The van der Waals surface area contributed by atoms with E-state index in [1.165, 1.54) is 39.7 Å². The number of fused-ring (bicyclic) bond motifs is 3. The number of carbonyl (C=O) groups excluding carboxylic acids is 1. The molecule has 2 atom stereocenters. The minimum Gasteiger partial charge on any atom is -0.376 e. The Morgan fingerprint density at radius 1 is 0.952 bits per heavy atom. The lowest BCUT2D eigenvalue weighted by atomic mass is 9.83. The number of halogens is 2. The third-order valence-corrected chi connectivity index (χ3v) is 13.1. The van der Waals surface area contributed by atoms with Crippen LogP contribution in [-0.2, 0) is 23.9 Å². The van der Waals surface area contributed by atoms with Crippen molar-refractivity contribution < 1.29 is 22.8 Å². The molecule has 0 spiro atoms. The number of hydrogen-bond acceptors (Lipinski definition) is 8. The second-order valence-corrected chi connectivity index (χ2v) is 17.4. The minimum atomic E-state index is -0.812. The van der Waals surface area contributed by atoms with Gasteiger partial charge >= 0.3 is 11.4 Å². The van der Waals surface area contributed by atoms with Gasteiger partial charge in [0.25, 0.3) is 5.91 Å². The van der Waals surface area contributed by atoms with Gasteiger partial charge in [0.2, 0.25) is 0 Å². The van der Waals surface area contributed by atoms with Crippen LogP contribution in [0.3, 0.4) is 0 Å². The molecule has 0 radical (unpaired) electrons. The summed E-state index contributed by atoms with van der Waals surface area (Å²) >= 11 is 0. The lowest BCUT2D eigenvalue weighted by Gasteiger charge is -2.35. The number of hydrogen-bond donors (Lipinski definition) is 1. The summed E-state index contributed by atoms with van der Waals surface area (Å²) in [6.45, 7) is 7.32. The third kappa shape index (κ3) is 5.77. The predicted molar refractivity (Wildman–Crippen MR) is 224 cm³/mol. The minimum absolute atomic E-state index is 0.0439. The van der Waals surface area contributed by atoms with Crippen LogP contribution < -0.4 is 11.4 Å². The molecule has 1 aliphatic carbocycles. The van der Waals surface area contributed by atoms with Crippen LogP contribution in [0.4, 0.5) is 8.78 Å². The molecule has 15 nitrogen and oxygen atoms in total. The van der Waals surface area contributed by atoms with Gasteiger partial charge in [0, 0.05) is 49.1 Å². The second kappa shape index (κ2) is 13.6. The molecule has 62 heavy (non-hydrogen) atoms. The maximum Gasteiger partial charge on any atom is 0.438 e. The molecule has 0 bridgehead atoms. The van der Waals surface area contributed by atoms with Crippen LogP contribution in [0.1, 0.15) is 86.0 Å². The average Bonchev–Trinajstić information content (AvgIpc) is 3.71. The number of H-pyrrole nitrogens is 1. The number of nitrogens with zero attached hydrogens (tertiary/aromatic N) is 9. The van der Waals surface area contributed by atoms with Gasteiger partial charge < -0.3 is 14.2 Å². The van der Waals surface area contributed by atoms with Gasteiger partial charge in [0.05, 0.1) is 46.7 Å². The van der Waals surface area contributed by atoms with Gasteiger partial charge in [-0.1, -0.05) is 11.2 Å². The van der Waals surface area contributed by atoms with E-state index in [9.17, 15) is 14.0 Å². The number of amides is 1. The van der Waals surface area contributed by atoms with E-state index in [0.29, 0.717) is 59.1 Å². The zero-order valence-electron chi connectivity index (χ0n) is 34.4. The maximum absolute atomic E-state index is 16.0. The van der Waals surface area contributed by atoms with Crippen LogP contribution in [0.15, 0.2) is 93.4 Å². The maximum atomic E-state index is 16.0. The molecule has 3 aliphatic rings. The van der Waals surface area contributed by atoms with Gasteiger partial charge in [-0.2, -0.15) is 10.2 Å². The number of aromatic nitrogens is 9. The third-order valence-electron chi connectivity index (χ3n) is 13.1. The van der Waals surface area contributed by atoms with Gasteiger partial charge in [0.1, 0.15) is 28.4 Å². The summed E-state index contributed by atoms with van der Waals surface area (Å²) in [4.78, 5) is 46.7. The van der Waals surface area contributed by atoms with E-state index in [0.717, 1.165) is 29.3 Å². The standard InChI is InChI=1S/C45H42F2N10O5/c1-25-38-39(55-17-16-54(43(55)60)34-12-11-33-31(36(34)47)24-48-52(33)4)37(26-5-8-30(46)9-6-26)50-56(38)19-18-53(25)40(58)35-22-29-21-27(28-13-20-61-44(2,3)23-28)7-10-32(29)57(35)45(14-15-45)41-49-42(59)62-51-41/h5-12,16-17,21-22,24-25,28H,13-15,18-20,23H2,1-4H3,(H,49,51,59)/t25-,28-/m1/s1. The van der Waals surface area contributed by atoms with Crippen molar-refractivity contribution in [2.45, 2.75) is 76.1 Å². The van der Waals surface area contributed by atoms with Crippen molar-refractivity contribution in [2.24, 2.45) is 7.05 Å². The number of aromatic amines is 1. The van der Waals surface area contributed by atoms with E-state index in [1.54, 1.807) is 45.7 Å². The molecule has 0 unspecified atom stereocenters. The van der Waals surface area contributed by atoms with Gasteiger partial charge in [-0.05, 0) is 113 Å². The van der Waals surface area contributed by atoms with Gasteiger partial charge in [-0.3, -0.25) is 32.8 Å². The van der Waals surface area contributed by atoms with Crippen LogP contribution >= 0.6 is 0 Å². The number of benzene rings is 3. The zero-order valence-corrected chi connectivity index (χ0v) is 34.4. The Hall–Kier alpha value is -6.88. The Balaban J connectivity index is 1.04. The summed E-state index contributed by atoms with van der Waals surface area (Å²) in [7, 11) is 1.71. The lowest BCUT2D eigenvalue weighted by molar-refractivity contribution is -0.0592. The highest BCUT2D eigenvalue weighted by Crippen LogP contribution is 2.51. The van der Waals surface area contributed by atoms with Crippen LogP contribution in [0.2, 0.25) is 0 Å². The topological polar surface area (TPSA) is 156 Å². The highest BCUT2D eigenvalue weighted by molar-refractivity contribution is 6.00. The first kappa shape index (κ1) is 38.1. The van der Waals surface area contributed by atoms with Crippen LogP contribution in [0, 0.1) is 11.6 Å². The normalized spacial score (nSPS) is 19.4. The van der Waals surface area contributed by atoms with Gasteiger partial charge in [0.15, 0.2) is 11.6 Å². The van der Waals surface area contributed by atoms with Gasteiger partial charge in [-0.15, -0.1) is 0 Å². The average molecular weight is 841 g/mol. The molecule has 1 saturated heterocycles. The molecule has 1 amide bonds. The fourth-order valence-electron chi connectivity index (χ4n) is 9.89. The highest BCUT2D eigenvalue weighted by atomic mass is 19.1. The Bertz CT molecular complexity index is 3230. The quantitative estimate of drug-likeness (QED) is 0.186. The SMILES string of the molecule is C[C@@H]1c2c(-n3ccn(-c4ccc5c(cnn5C)c4F)c3=O)c(-c3ccc(F)cc3)nn2CCN1C(=O)c1cc2cc([C@@H]3CCOC(C)(C)C3)ccc2n1C1(c2noc(=O)[nH]2)CC1. The van der Waals surface area contributed by atoms with Crippen molar-refractivity contribution in [3.63, 3.8) is 0 Å². The number of aryl methyl sites for hydroxylation is 1. The summed E-state index contributed by atoms with van der Waals surface area (Å²) in [5.74, 6) is -1.35. The fourth-order valence-corrected chi connectivity index (χ4v) is 9.89. The number of nitrogens with one attached hydrogen (secondary N) is 1. The molecule has 1 N–H and O–H groups in total. The van der Waals surface area contributed by atoms with E-state index in [-0.39, 0.29) is 41.6 Å². The van der Waals surface area contributed by atoms with Crippen molar-refractivity contribution >= 4 is 27.7 Å².